The number of hydrogen-bond donors (Lipinski definition) is 1. The minimum Gasteiger partial charge on any atom is -0.381 e. The lowest BCUT2D eigenvalue weighted by Gasteiger charge is -2.32. The van der Waals surface area contributed by atoms with E-state index in [2.05, 4.69) is 17.3 Å². The molecule has 0 spiro atoms. The standard InChI is InChI=1S/C13H18Cl2N2/c1-17-8-3-2-5-10(17)9-16-13-11(14)6-4-7-12(13)15/h4,6-7,10,16H,2-3,5,8-9H2,1H3. The molecule has 2 nitrogen and oxygen atoms in total. The van der Waals surface area contributed by atoms with Crippen LogP contribution in [0.1, 0.15) is 19.3 Å². The summed E-state index contributed by atoms with van der Waals surface area (Å²) in [5.41, 5.74) is 0.856. The summed E-state index contributed by atoms with van der Waals surface area (Å²) in [6.45, 7) is 2.09. The lowest BCUT2D eigenvalue weighted by atomic mass is 10.0. The predicted octanol–water partition coefficient (Wildman–Crippen LogP) is 3.89. The van der Waals surface area contributed by atoms with Crippen molar-refractivity contribution in [2.75, 3.05) is 25.5 Å². The topological polar surface area (TPSA) is 15.3 Å². The largest absolute Gasteiger partial charge is 0.381 e. The molecular formula is C13H18Cl2N2. The van der Waals surface area contributed by atoms with Gasteiger partial charge in [0.1, 0.15) is 0 Å². The van der Waals surface area contributed by atoms with Crippen molar-refractivity contribution in [3.8, 4) is 0 Å². The maximum atomic E-state index is 6.12. The summed E-state index contributed by atoms with van der Waals surface area (Å²) in [7, 11) is 2.18. The van der Waals surface area contributed by atoms with E-state index >= 15 is 0 Å². The first kappa shape index (κ1) is 13.0. The van der Waals surface area contributed by atoms with Crippen LogP contribution in [0.5, 0.6) is 0 Å². The molecule has 1 aromatic carbocycles. The van der Waals surface area contributed by atoms with Gasteiger partial charge in [0.05, 0.1) is 15.7 Å². The van der Waals surface area contributed by atoms with Gasteiger partial charge in [0, 0.05) is 12.6 Å². The van der Waals surface area contributed by atoms with Crippen molar-refractivity contribution < 1.29 is 0 Å². The zero-order chi connectivity index (χ0) is 12.3. The van der Waals surface area contributed by atoms with Gasteiger partial charge >= 0.3 is 0 Å². The number of rotatable bonds is 3. The van der Waals surface area contributed by atoms with Crippen molar-refractivity contribution in [1.82, 2.24) is 4.90 Å². The van der Waals surface area contributed by atoms with Crippen LogP contribution < -0.4 is 5.32 Å². The zero-order valence-corrected chi connectivity index (χ0v) is 11.6. The second kappa shape index (κ2) is 5.94. The molecule has 1 aromatic rings. The molecule has 4 heteroatoms. The molecule has 0 aliphatic carbocycles. The molecule has 0 bridgehead atoms. The van der Waals surface area contributed by atoms with Crippen LogP contribution >= 0.6 is 23.2 Å². The second-order valence-corrected chi connectivity index (χ2v) is 5.42. The van der Waals surface area contributed by atoms with Gasteiger partial charge in [-0.1, -0.05) is 35.7 Å². The Bertz CT molecular complexity index is 361. The van der Waals surface area contributed by atoms with Crippen molar-refractivity contribution in [3.05, 3.63) is 28.2 Å². The predicted molar refractivity (Wildman–Crippen MR) is 75.2 cm³/mol. The molecule has 2 rings (SSSR count). The van der Waals surface area contributed by atoms with E-state index in [1.165, 1.54) is 25.8 Å². The number of benzene rings is 1. The maximum Gasteiger partial charge on any atom is 0.0719 e. The Hall–Kier alpha value is -0.440. The molecule has 1 aliphatic heterocycles. The van der Waals surface area contributed by atoms with E-state index in [9.17, 15) is 0 Å². The van der Waals surface area contributed by atoms with Crippen molar-refractivity contribution in [2.45, 2.75) is 25.3 Å². The highest BCUT2D eigenvalue weighted by atomic mass is 35.5. The molecule has 1 atom stereocenters. The quantitative estimate of drug-likeness (QED) is 0.898. The summed E-state index contributed by atoms with van der Waals surface area (Å²) < 4.78 is 0. The molecule has 1 unspecified atom stereocenters. The Balaban J connectivity index is 1.97. The van der Waals surface area contributed by atoms with Gasteiger partial charge in [-0.25, -0.2) is 0 Å². The number of nitrogens with zero attached hydrogens (tertiary/aromatic N) is 1. The van der Waals surface area contributed by atoms with E-state index in [1.807, 2.05) is 18.2 Å². The SMILES string of the molecule is CN1CCCCC1CNc1c(Cl)cccc1Cl. The fraction of sp³-hybridized carbons (Fsp3) is 0.538. The Morgan fingerprint density at radius 3 is 2.65 bits per heavy atom. The van der Waals surface area contributed by atoms with Crippen molar-refractivity contribution in [1.29, 1.82) is 0 Å². The number of hydrogen-bond acceptors (Lipinski definition) is 2. The summed E-state index contributed by atoms with van der Waals surface area (Å²) in [5.74, 6) is 0. The van der Waals surface area contributed by atoms with E-state index in [-0.39, 0.29) is 0 Å². The van der Waals surface area contributed by atoms with Gasteiger partial charge < -0.3 is 10.2 Å². The number of likely N-dealkylation sites (N-methyl/N-ethyl adjacent to an activating group) is 1. The van der Waals surface area contributed by atoms with E-state index < -0.39 is 0 Å². The van der Waals surface area contributed by atoms with Gasteiger partial charge in [0.25, 0.3) is 0 Å². The highest BCUT2D eigenvalue weighted by molar-refractivity contribution is 6.39. The lowest BCUT2D eigenvalue weighted by molar-refractivity contribution is 0.194. The number of nitrogens with one attached hydrogen (secondary N) is 1. The normalized spacial score (nSPS) is 21.5. The fourth-order valence-corrected chi connectivity index (χ4v) is 2.82. The number of piperidine rings is 1. The first-order valence-electron chi connectivity index (χ1n) is 6.06. The molecule has 0 amide bonds. The van der Waals surface area contributed by atoms with Gasteiger partial charge in [0.15, 0.2) is 0 Å². The smallest absolute Gasteiger partial charge is 0.0719 e. The molecule has 1 saturated heterocycles. The van der Waals surface area contributed by atoms with Gasteiger partial charge in [-0.05, 0) is 38.6 Å². The molecule has 1 fully saturated rings. The Morgan fingerprint density at radius 2 is 2.00 bits per heavy atom. The third-order valence-corrected chi connectivity index (χ3v) is 4.03. The van der Waals surface area contributed by atoms with Gasteiger partial charge in [-0.15, -0.1) is 0 Å². The van der Waals surface area contributed by atoms with Crippen LogP contribution in [-0.2, 0) is 0 Å². The molecule has 0 aromatic heterocycles. The number of para-hydroxylation sites is 1. The summed E-state index contributed by atoms with van der Waals surface area (Å²) >= 11 is 12.2. The van der Waals surface area contributed by atoms with Crippen LogP contribution in [0.3, 0.4) is 0 Å². The highest BCUT2D eigenvalue weighted by Crippen LogP contribution is 2.30. The first-order valence-corrected chi connectivity index (χ1v) is 6.82. The maximum absolute atomic E-state index is 6.12. The first-order chi connectivity index (χ1) is 8.18. The zero-order valence-electron chi connectivity index (χ0n) is 10.0. The summed E-state index contributed by atoms with van der Waals surface area (Å²) in [5, 5.41) is 4.76. The van der Waals surface area contributed by atoms with Crippen LogP contribution in [0, 0.1) is 0 Å². The number of likely N-dealkylation sites (tertiary alicyclic amines) is 1. The van der Waals surface area contributed by atoms with Crippen molar-refractivity contribution in [3.63, 3.8) is 0 Å². The van der Waals surface area contributed by atoms with E-state index in [0.717, 1.165) is 12.2 Å². The van der Waals surface area contributed by atoms with E-state index in [1.54, 1.807) is 0 Å². The molecule has 17 heavy (non-hydrogen) atoms. The summed E-state index contributed by atoms with van der Waals surface area (Å²) in [6, 6.07) is 6.17. The van der Waals surface area contributed by atoms with Gasteiger partial charge in [-0.3, -0.25) is 0 Å². The fourth-order valence-electron chi connectivity index (χ4n) is 2.29. The average Bonchev–Trinajstić information content (AvgIpc) is 2.30. The molecule has 1 N–H and O–H groups in total. The van der Waals surface area contributed by atoms with Gasteiger partial charge in [-0.2, -0.15) is 0 Å². The molecule has 94 valence electrons. The lowest BCUT2D eigenvalue weighted by Crippen LogP contribution is -2.40. The van der Waals surface area contributed by atoms with Crippen LogP contribution in [-0.4, -0.2) is 31.1 Å². The summed E-state index contributed by atoms with van der Waals surface area (Å²) in [4.78, 5) is 2.40. The Morgan fingerprint density at radius 1 is 1.29 bits per heavy atom. The van der Waals surface area contributed by atoms with Crippen LogP contribution in [0.15, 0.2) is 18.2 Å². The van der Waals surface area contributed by atoms with Crippen molar-refractivity contribution >= 4 is 28.9 Å². The molecule has 1 heterocycles. The van der Waals surface area contributed by atoms with Crippen LogP contribution in [0.4, 0.5) is 5.69 Å². The minimum absolute atomic E-state index is 0.580. The monoisotopic (exact) mass is 272 g/mol. The molecular weight excluding hydrogens is 255 g/mol. The van der Waals surface area contributed by atoms with Crippen LogP contribution in [0.2, 0.25) is 10.0 Å². The molecule has 1 aliphatic rings. The average molecular weight is 273 g/mol. The molecule has 0 radical (unpaired) electrons. The third-order valence-electron chi connectivity index (χ3n) is 3.40. The highest BCUT2D eigenvalue weighted by Gasteiger charge is 2.19. The van der Waals surface area contributed by atoms with E-state index in [0.29, 0.717) is 16.1 Å². The number of halogens is 2. The molecule has 0 saturated carbocycles. The number of anilines is 1. The van der Waals surface area contributed by atoms with Gasteiger partial charge in [0.2, 0.25) is 0 Å². The summed E-state index contributed by atoms with van der Waals surface area (Å²) in [6.07, 6.45) is 3.86. The Kier molecular flexibility index (Phi) is 4.55. The van der Waals surface area contributed by atoms with E-state index in [4.69, 9.17) is 23.2 Å². The minimum atomic E-state index is 0.580. The Labute approximate surface area is 113 Å². The van der Waals surface area contributed by atoms with Crippen LogP contribution in [0.25, 0.3) is 0 Å². The second-order valence-electron chi connectivity index (χ2n) is 4.61. The third kappa shape index (κ3) is 3.27. The van der Waals surface area contributed by atoms with Crippen molar-refractivity contribution in [2.24, 2.45) is 0 Å².